The Kier molecular flexibility index (Phi) is 4.41. The average Bonchev–Trinajstić information content (AvgIpc) is 2.95. The van der Waals surface area contributed by atoms with E-state index < -0.39 is 0 Å². The van der Waals surface area contributed by atoms with Gasteiger partial charge in [-0.1, -0.05) is 11.3 Å². The molecule has 0 aliphatic carbocycles. The van der Waals surface area contributed by atoms with Gasteiger partial charge in [-0.15, -0.1) is 10.2 Å². The Hall–Kier alpha value is -1.05. The zero-order chi connectivity index (χ0) is 12.1. The van der Waals surface area contributed by atoms with E-state index in [9.17, 15) is 4.79 Å². The minimum Gasteiger partial charge on any atom is -0.384 e. The Morgan fingerprint density at radius 3 is 3.24 bits per heavy atom. The number of amides is 1. The number of methoxy groups -OCH3 is 1. The Labute approximate surface area is 104 Å². The molecular weight excluding hydrogens is 240 g/mol. The third-order valence-electron chi connectivity index (χ3n) is 2.58. The summed E-state index contributed by atoms with van der Waals surface area (Å²) in [4.78, 5) is 11.4. The normalized spacial score (nSPS) is 19.5. The molecule has 1 aromatic heterocycles. The molecule has 0 radical (unpaired) electrons. The summed E-state index contributed by atoms with van der Waals surface area (Å²) in [7, 11) is 1.57. The van der Waals surface area contributed by atoms with Crippen LogP contribution < -0.4 is 10.6 Å². The van der Waals surface area contributed by atoms with Crippen LogP contribution in [0.4, 0.5) is 5.13 Å². The Balaban J connectivity index is 1.87. The van der Waals surface area contributed by atoms with E-state index in [0.29, 0.717) is 24.2 Å². The predicted octanol–water partition coefficient (Wildman–Crippen LogP) is 0.938. The number of aromatic nitrogens is 2. The highest BCUT2D eigenvalue weighted by molar-refractivity contribution is 7.15. The number of ether oxygens (including phenoxy) is 1. The molecule has 94 valence electrons. The van der Waals surface area contributed by atoms with Crippen LogP contribution in [0.25, 0.3) is 0 Å². The maximum atomic E-state index is 11.4. The summed E-state index contributed by atoms with van der Waals surface area (Å²) < 4.78 is 4.83. The van der Waals surface area contributed by atoms with Crippen LogP contribution in [0.5, 0.6) is 0 Å². The topological polar surface area (TPSA) is 76.1 Å². The van der Waals surface area contributed by atoms with Gasteiger partial charge in [0.1, 0.15) is 5.01 Å². The van der Waals surface area contributed by atoms with Crippen molar-refractivity contribution in [1.82, 2.24) is 15.5 Å². The third-order valence-corrected chi connectivity index (χ3v) is 3.53. The molecular formula is C10H16N4O2S. The van der Waals surface area contributed by atoms with Gasteiger partial charge < -0.3 is 15.4 Å². The number of nitrogens with zero attached hydrogens (tertiary/aromatic N) is 2. The minimum absolute atomic E-state index is 0.0890. The molecule has 1 aliphatic heterocycles. The second-order valence-electron chi connectivity index (χ2n) is 3.89. The molecule has 6 nitrogen and oxygen atoms in total. The summed E-state index contributed by atoms with van der Waals surface area (Å²) in [6.07, 6.45) is 2.60. The quantitative estimate of drug-likeness (QED) is 0.820. The van der Waals surface area contributed by atoms with Gasteiger partial charge >= 0.3 is 0 Å². The number of anilines is 1. The van der Waals surface area contributed by atoms with Crippen LogP contribution in [0, 0.1) is 0 Å². The summed E-state index contributed by atoms with van der Waals surface area (Å²) in [5, 5.41) is 15.6. The summed E-state index contributed by atoms with van der Waals surface area (Å²) in [5.74, 6) is -0.0890. The van der Waals surface area contributed by atoms with E-state index in [0.717, 1.165) is 18.0 Å². The molecule has 1 atom stereocenters. The van der Waals surface area contributed by atoms with E-state index in [1.807, 2.05) is 0 Å². The smallest absolute Gasteiger partial charge is 0.228 e. The molecule has 2 heterocycles. The van der Waals surface area contributed by atoms with E-state index in [2.05, 4.69) is 20.8 Å². The Morgan fingerprint density at radius 2 is 2.53 bits per heavy atom. The van der Waals surface area contributed by atoms with Crippen LogP contribution >= 0.6 is 11.3 Å². The maximum Gasteiger partial charge on any atom is 0.228 e. The zero-order valence-electron chi connectivity index (χ0n) is 9.73. The molecule has 2 rings (SSSR count). The fraction of sp³-hybridized carbons (Fsp3) is 0.700. The fourth-order valence-corrected chi connectivity index (χ4v) is 2.57. The van der Waals surface area contributed by atoms with E-state index in [4.69, 9.17) is 4.74 Å². The van der Waals surface area contributed by atoms with Gasteiger partial charge in [0.2, 0.25) is 11.0 Å². The number of hydrogen-bond donors (Lipinski definition) is 2. The van der Waals surface area contributed by atoms with E-state index in [1.165, 1.54) is 17.8 Å². The largest absolute Gasteiger partial charge is 0.384 e. The highest BCUT2D eigenvalue weighted by Gasteiger charge is 2.20. The lowest BCUT2D eigenvalue weighted by molar-refractivity contribution is -0.117. The lowest BCUT2D eigenvalue weighted by atomic mass is 10.2. The van der Waals surface area contributed by atoms with Gasteiger partial charge in [-0.2, -0.15) is 0 Å². The molecule has 0 spiro atoms. The molecule has 7 heteroatoms. The van der Waals surface area contributed by atoms with E-state index in [1.54, 1.807) is 7.11 Å². The van der Waals surface area contributed by atoms with Gasteiger partial charge in [0.05, 0.1) is 19.1 Å². The van der Waals surface area contributed by atoms with E-state index in [-0.39, 0.29) is 5.91 Å². The lowest BCUT2D eigenvalue weighted by Gasteiger charge is -2.03. The van der Waals surface area contributed by atoms with Gasteiger partial charge in [-0.05, 0) is 19.4 Å². The van der Waals surface area contributed by atoms with Crippen LogP contribution in [-0.4, -0.2) is 36.4 Å². The molecule has 1 unspecified atom stereocenters. The molecule has 0 saturated carbocycles. The van der Waals surface area contributed by atoms with Crippen molar-refractivity contribution in [2.75, 3.05) is 25.6 Å². The van der Waals surface area contributed by atoms with Gasteiger partial charge in [0, 0.05) is 7.11 Å². The van der Waals surface area contributed by atoms with Crippen molar-refractivity contribution in [3.8, 4) is 0 Å². The van der Waals surface area contributed by atoms with Crippen molar-refractivity contribution in [2.24, 2.45) is 0 Å². The van der Waals surface area contributed by atoms with Crippen LogP contribution in [0.3, 0.4) is 0 Å². The van der Waals surface area contributed by atoms with Crippen molar-refractivity contribution >= 4 is 22.4 Å². The second kappa shape index (κ2) is 6.04. The zero-order valence-corrected chi connectivity index (χ0v) is 10.5. The number of nitrogens with one attached hydrogen (secondary N) is 2. The summed E-state index contributed by atoms with van der Waals surface area (Å²) in [6, 6.07) is 0.303. The first kappa shape index (κ1) is 12.4. The number of carbonyl (C=O) groups is 1. The van der Waals surface area contributed by atoms with Gasteiger partial charge in [-0.25, -0.2) is 0 Å². The molecule has 1 aliphatic rings. The Morgan fingerprint density at radius 1 is 1.65 bits per heavy atom. The molecule has 1 amide bonds. The van der Waals surface area contributed by atoms with Gasteiger partial charge in [-0.3, -0.25) is 4.79 Å². The van der Waals surface area contributed by atoms with Crippen LogP contribution in [0.1, 0.15) is 30.3 Å². The number of hydrogen-bond acceptors (Lipinski definition) is 6. The number of carbonyl (C=O) groups excluding carboxylic acids is 1. The van der Waals surface area contributed by atoms with Crippen molar-refractivity contribution in [3.05, 3.63) is 5.01 Å². The lowest BCUT2D eigenvalue weighted by Crippen LogP contribution is -2.13. The van der Waals surface area contributed by atoms with Crippen molar-refractivity contribution in [3.63, 3.8) is 0 Å². The summed E-state index contributed by atoms with van der Waals surface area (Å²) >= 11 is 1.43. The fourth-order valence-electron chi connectivity index (χ4n) is 1.70. The summed E-state index contributed by atoms with van der Waals surface area (Å²) in [6.45, 7) is 1.45. The highest BCUT2D eigenvalue weighted by atomic mass is 32.1. The molecule has 17 heavy (non-hydrogen) atoms. The predicted molar refractivity (Wildman–Crippen MR) is 65.0 cm³/mol. The Bertz CT molecular complexity index is 376. The first-order valence-corrected chi connectivity index (χ1v) is 6.47. The molecule has 0 bridgehead atoms. The van der Waals surface area contributed by atoms with Crippen LogP contribution in [-0.2, 0) is 9.53 Å². The van der Waals surface area contributed by atoms with Crippen LogP contribution in [0.2, 0.25) is 0 Å². The maximum absolute atomic E-state index is 11.4. The minimum atomic E-state index is -0.0890. The first-order valence-electron chi connectivity index (χ1n) is 5.65. The first-order chi connectivity index (χ1) is 8.29. The van der Waals surface area contributed by atoms with Crippen LogP contribution in [0.15, 0.2) is 0 Å². The SMILES string of the molecule is COCCC(=O)Nc1nnc(C2CCCN2)s1. The molecule has 1 saturated heterocycles. The molecule has 0 aromatic carbocycles. The third kappa shape index (κ3) is 3.45. The van der Waals surface area contributed by atoms with Gasteiger partial charge in [0.25, 0.3) is 0 Å². The molecule has 1 aromatic rings. The average molecular weight is 256 g/mol. The summed E-state index contributed by atoms with van der Waals surface area (Å²) in [5.41, 5.74) is 0. The van der Waals surface area contributed by atoms with Crippen molar-refractivity contribution in [1.29, 1.82) is 0 Å². The van der Waals surface area contributed by atoms with E-state index >= 15 is 0 Å². The second-order valence-corrected chi connectivity index (χ2v) is 4.89. The monoisotopic (exact) mass is 256 g/mol. The molecule has 1 fully saturated rings. The van der Waals surface area contributed by atoms with Gasteiger partial charge in [0.15, 0.2) is 0 Å². The molecule has 2 N–H and O–H groups in total. The standard InChI is InChI=1S/C10H16N4O2S/c1-16-6-4-8(15)12-10-14-13-9(17-10)7-3-2-5-11-7/h7,11H,2-6H2,1H3,(H,12,14,15). The number of rotatable bonds is 5. The highest BCUT2D eigenvalue weighted by Crippen LogP contribution is 2.27. The van der Waals surface area contributed by atoms with Crippen molar-refractivity contribution < 1.29 is 9.53 Å². The van der Waals surface area contributed by atoms with Crippen molar-refractivity contribution in [2.45, 2.75) is 25.3 Å².